The molecular weight excluding hydrogens is 435 g/mol. The molecule has 1 N–H and O–H groups in total. The van der Waals surface area contributed by atoms with Gasteiger partial charge in [-0.3, -0.25) is 14.4 Å². The lowest BCUT2D eigenvalue weighted by Gasteiger charge is -2.23. The highest BCUT2D eigenvalue weighted by molar-refractivity contribution is 6.36. The quantitative estimate of drug-likeness (QED) is 0.551. The first-order valence-corrected chi connectivity index (χ1v) is 9.77. The number of rotatable bonds is 2. The predicted molar refractivity (Wildman–Crippen MR) is 107 cm³/mol. The van der Waals surface area contributed by atoms with Gasteiger partial charge in [-0.05, 0) is 38.3 Å². The molecule has 2 atom stereocenters. The van der Waals surface area contributed by atoms with Gasteiger partial charge in [-0.15, -0.1) is 0 Å². The molecule has 1 aliphatic carbocycles. The van der Waals surface area contributed by atoms with Gasteiger partial charge in [0.25, 0.3) is 0 Å². The van der Waals surface area contributed by atoms with Crippen LogP contribution in [0.25, 0.3) is 10.8 Å². The number of likely N-dealkylation sites (tertiary alicyclic amines) is 1. The summed E-state index contributed by atoms with van der Waals surface area (Å²) < 4.78 is 5.09. The van der Waals surface area contributed by atoms with Gasteiger partial charge in [0.2, 0.25) is 17.7 Å². The predicted octanol–water partition coefficient (Wildman–Crippen LogP) is 3.04. The van der Waals surface area contributed by atoms with Crippen LogP contribution in [0.5, 0.6) is 0 Å². The van der Waals surface area contributed by atoms with E-state index in [9.17, 15) is 19.2 Å². The fourth-order valence-electron chi connectivity index (χ4n) is 3.50. The molecule has 30 heavy (non-hydrogen) atoms. The number of hydrogen-bond donors (Lipinski definition) is 1. The van der Waals surface area contributed by atoms with Gasteiger partial charge in [0.05, 0.1) is 17.8 Å². The molecule has 0 spiro atoms. The van der Waals surface area contributed by atoms with Crippen molar-refractivity contribution in [3.05, 3.63) is 28.6 Å². The first-order chi connectivity index (χ1) is 14.0. The third-order valence-electron chi connectivity index (χ3n) is 4.80. The lowest BCUT2D eigenvalue weighted by molar-refractivity contribution is -0.142. The highest BCUT2D eigenvalue weighted by Gasteiger charge is 2.71. The van der Waals surface area contributed by atoms with E-state index in [1.807, 2.05) is 0 Å². The summed E-state index contributed by atoms with van der Waals surface area (Å²) in [5.41, 5.74) is -0.857. The van der Waals surface area contributed by atoms with E-state index < -0.39 is 47.2 Å². The minimum absolute atomic E-state index is 0.179. The van der Waals surface area contributed by atoms with Crippen molar-refractivity contribution < 1.29 is 23.9 Å². The number of nitrogens with zero attached hydrogens (tertiary/aromatic N) is 3. The van der Waals surface area contributed by atoms with Gasteiger partial charge in [-0.1, -0.05) is 23.2 Å². The Morgan fingerprint density at radius 1 is 1.13 bits per heavy atom. The lowest BCUT2D eigenvalue weighted by Crippen LogP contribution is -2.44. The number of fused-ring (bicyclic) bond motifs is 2. The average molecular weight is 451 g/mol. The van der Waals surface area contributed by atoms with Gasteiger partial charge in [-0.2, -0.15) is 4.90 Å². The zero-order valence-electron chi connectivity index (χ0n) is 16.1. The maximum absolute atomic E-state index is 12.6. The third-order valence-corrected chi connectivity index (χ3v) is 5.28. The molecule has 2 aromatic rings. The number of pyridine rings is 2. The number of halogens is 2. The van der Waals surface area contributed by atoms with Crippen LogP contribution in [0, 0.1) is 17.8 Å². The van der Waals surface area contributed by atoms with Crippen LogP contribution in [0.3, 0.4) is 0 Å². The Kier molecular flexibility index (Phi) is 4.70. The van der Waals surface area contributed by atoms with Gasteiger partial charge in [0.1, 0.15) is 21.7 Å². The number of imide groups is 3. The van der Waals surface area contributed by atoms with Crippen molar-refractivity contribution in [1.29, 1.82) is 0 Å². The van der Waals surface area contributed by atoms with Crippen LogP contribution < -0.4 is 5.32 Å². The summed E-state index contributed by atoms with van der Waals surface area (Å²) >= 11 is 11.9. The molecule has 156 valence electrons. The van der Waals surface area contributed by atoms with Crippen LogP contribution >= 0.6 is 23.2 Å². The maximum atomic E-state index is 12.6. The number of anilines is 1. The molecule has 4 amide bonds. The summed E-state index contributed by atoms with van der Waals surface area (Å²) in [5, 5.41) is 4.13. The Morgan fingerprint density at radius 3 is 2.37 bits per heavy atom. The largest absolute Gasteiger partial charge is 0.443 e. The van der Waals surface area contributed by atoms with Crippen LogP contribution in [0.15, 0.2) is 18.3 Å². The zero-order chi connectivity index (χ0) is 22.0. The summed E-state index contributed by atoms with van der Waals surface area (Å²) in [5.74, 6) is -4.39. The first kappa shape index (κ1) is 20.5. The SMILES string of the molecule is CC(C)(C)OC(=O)N1C(=O)C2C(C(=O)Nc3cc4cc(Cl)nc(Cl)c4cn3)C2C1=O. The molecule has 11 heteroatoms. The van der Waals surface area contributed by atoms with Crippen molar-refractivity contribution >= 4 is 63.6 Å². The third kappa shape index (κ3) is 3.48. The standard InChI is InChI=1S/C19H16Cl2N4O5/c1-19(2,3)30-18(29)25-16(27)12-11(13(12)17(25)28)15(26)24-10-5-7-4-9(20)23-14(21)8(7)6-22-10/h4-6,11-13H,1-3H3,(H,22,24,26). The summed E-state index contributed by atoms with van der Waals surface area (Å²) in [6.07, 6.45) is 0.410. The second kappa shape index (κ2) is 6.88. The fourth-order valence-corrected chi connectivity index (χ4v) is 4.00. The number of amides is 4. The summed E-state index contributed by atoms with van der Waals surface area (Å²) in [6, 6.07) is 3.12. The molecule has 1 saturated carbocycles. The van der Waals surface area contributed by atoms with E-state index in [1.54, 1.807) is 32.9 Å². The second-order valence-electron chi connectivity index (χ2n) is 8.09. The second-order valence-corrected chi connectivity index (χ2v) is 8.83. The molecule has 2 aromatic heterocycles. The number of hydrogen-bond acceptors (Lipinski definition) is 7. The first-order valence-electron chi connectivity index (χ1n) is 9.01. The number of nitrogens with one attached hydrogen (secondary N) is 1. The van der Waals surface area contributed by atoms with Crippen molar-refractivity contribution in [3.8, 4) is 0 Å². The van der Waals surface area contributed by atoms with E-state index >= 15 is 0 Å². The van der Waals surface area contributed by atoms with Gasteiger partial charge in [0.15, 0.2) is 0 Å². The Morgan fingerprint density at radius 2 is 1.77 bits per heavy atom. The van der Waals surface area contributed by atoms with Gasteiger partial charge in [0, 0.05) is 11.6 Å². The maximum Gasteiger partial charge on any atom is 0.424 e. The molecule has 2 fully saturated rings. The highest BCUT2D eigenvalue weighted by atomic mass is 35.5. The Balaban J connectivity index is 1.47. The number of aromatic nitrogens is 2. The smallest absolute Gasteiger partial charge is 0.424 e. The minimum Gasteiger partial charge on any atom is -0.443 e. The molecule has 2 aliphatic rings. The van der Waals surface area contributed by atoms with Crippen LogP contribution in [0.4, 0.5) is 10.6 Å². The summed E-state index contributed by atoms with van der Waals surface area (Å²) in [4.78, 5) is 58.2. The molecule has 1 aliphatic heterocycles. The Hall–Kier alpha value is -2.78. The molecular formula is C19H16Cl2N4O5. The van der Waals surface area contributed by atoms with Crippen molar-refractivity contribution in [3.63, 3.8) is 0 Å². The van der Waals surface area contributed by atoms with Gasteiger partial charge < -0.3 is 10.1 Å². The monoisotopic (exact) mass is 450 g/mol. The highest BCUT2D eigenvalue weighted by Crippen LogP contribution is 2.54. The van der Waals surface area contributed by atoms with E-state index in [2.05, 4.69) is 15.3 Å². The molecule has 0 aromatic carbocycles. The van der Waals surface area contributed by atoms with E-state index in [-0.39, 0.29) is 16.1 Å². The number of piperidine rings is 1. The zero-order valence-corrected chi connectivity index (χ0v) is 17.6. The van der Waals surface area contributed by atoms with Crippen molar-refractivity contribution in [2.45, 2.75) is 26.4 Å². The molecule has 4 rings (SSSR count). The molecule has 1 saturated heterocycles. The van der Waals surface area contributed by atoms with Crippen LogP contribution in [-0.2, 0) is 19.1 Å². The Labute approximate surface area is 180 Å². The molecule has 0 radical (unpaired) electrons. The van der Waals surface area contributed by atoms with E-state index in [1.165, 1.54) is 6.20 Å². The van der Waals surface area contributed by atoms with E-state index in [4.69, 9.17) is 27.9 Å². The van der Waals surface area contributed by atoms with E-state index in [0.29, 0.717) is 15.7 Å². The molecule has 0 bridgehead atoms. The summed E-state index contributed by atoms with van der Waals surface area (Å²) in [6.45, 7) is 4.87. The van der Waals surface area contributed by atoms with Gasteiger partial charge in [-0.25, -0.2) is 14.8 Å². The minimum atomic E-state index is -1.03. The molecule has 2 unspecified atom stereocenters. The number of carbonyl (C=O) groups is 4. The van der Waals surface area contributed by atoms with Crippen LogP contribution in [-0.4, -0.2) is 44.3 Å². The molecule has 3 heterocycles. The van der Waals surface area contributed by atoms with Crippen LogP contribution in [0.1, 0.15) is 20.8 Å². The topological polar surface area (TPSA) is 119 Å². The van der Waals surface area contributed by atoms with Gasteiger partial charge >= 0.3 is 6.09 Å². The van der Waals surface area contributed by atoms with Crippen LogP contribution in [0.2, 0.25) is 10.3 Å². The number of carbonyl (C=O) groups excluding carboxylic acids is 4. The number of ether oxygens (including phenoxy) is 1. The molecule has 9 nitrogen and oxygen atoms in total. The van der Waals surface area contributed by atoms with Crippen molar-refractivity contribution in [2.75, 3.05) is 5.32 Å². The van der Waals surface area contributed by atoms with E-state index in [0.717, 1.165) is 0 Å². The average Bonchev–Trinajstić information content (AvgIpc) is 3.29. The Bertz CT molecular complexity index is 1110. The lowest BCUT2D eigenvalue weighted by atomic mass is 10.2. The van der Waals surface area contributed by atoms with Crippen molar-refractivity contribution in [2.24, 2.45) is 17.8 Å². The summed E-state index contributed by atoms with van der Waals surface area (Å²) in [7, 11) is 0. The van der Waals surface area contributed by atoms with Crippen molar-refractivity contribution in [1.82, 2.24) is 14.9 Å². The normalized spacial score (nSPS) is 22.8. The fraction of sp³-hybridized carbons (Fsp3) is 0.368.